The highest BCUT2D eigenvalue weighted by Crippen LogP contribution is 2.19. The minimum absolute atomic E-state index is 0.0981. The van der Waals surface area contributed by atoms with Crippen molar-refractivity contribution in [2.24, 2.45) is 0 Å². The van der Waals surface area contributed by atoms with E-state index in [0.29, 0.717) is 17.3 Å². The van der Waals surface area contributed by atoms with Crippen molar-refractivity contribution in [3.05, 3.63) is 47.8 Å². The number of likely N-dealkylation sites (tertiary alicyclic amines) is 1. The van der Waals surface area contributed by atoms with Gasteiger partial charge < -0.3 is 10.6 Å². The Hall–Kier alpha value is -2.34. The predicted octanol–water partition coefficient (Wildman–Crippen LogP) is 1.73. The first-order chi connectivity index (χ1) is 11.1. The van der Waals surface area contributed by atoms with Crippen molar-refractivity contribution >= 4 is 11.6 Å². The van der Waals surface area contributed by atoms with Gasteiger partial charge in [0.1, 0.15) is 0 Å². The van der Waals surface area contributed by atoms with Gasteiger partial charge in [0.2, 0.25) is 0 Å². The highest BCUT2D eigenvalue weighted by molar-refractivity contribution is 5.94. The third-order valence-corrected chi connectivity index (χ3v) is 4.52. The van der Waals surface area contributed by atoms with Crippen molar-refractivity contribution in [1.29, 1.82) is 0 Å². The van der Waals surface area contributed by atoms with Crippen molar-refractivity contribution in [1.82, 2.24) is 20.0 Å². The second-order valence-corrected chi connectivity index (χ2v) is 6.17. The number of nitrogens with two attached hydrogens (primary N) is 1. The minimum Gasteiger partial charge on any atom is -0.399 e. The normalized spacial score (nSPS) is 16.0. The molecule has 1 amide bonds. The molecule has 1 aromatic carbocycles. The van der Waals surface area contributed by atoms with Gasteiger partial charge in [-0.1, -0.05) is 0 Å². The molecule has 23 heavy (non-hydrogen) atoms. The van der Waals surface area contributed by atoms with Gasteiger partial charge in [-0.2, -0.15) is 5.10 Å². The molecule has 3 N–H and O–H groups in total. The monoisotopic (exact) mass is 313 g/mol. The Morgan fingerprint density at radius 2 is 2.04 bits per heavy atom. The number of aromatic amines is 1. The number of nitrogen functional groups attached to an aromatic ring is 1. The van der Waals surface area contributed by atoms with Gasteiger partial charge in [-0.15, -0.1) is 0 Å². The molecule has 1 saturated heterocycles. The van der Waals surface area contributed by atoms with E-state index in [2.05, 4.69) is 22.1 Å². The fourth-order valence-corrected chi connectivity index (χ4v) is 3.10. The van der Waals surface area contributed by atoms with Crippen molar-refractivity contribution < 1.29 is 4.79 Å². The molecule has 1 fully saturated rings. The summed E-state index contributed by atoms with van der Waals surface area (Å²) in [6, 6.07) is 7.65. The number of carbonyl (C=O) groups is 1. The lowest BCUT2D eigenvalue weighted by Crippen LogP contribution is -2.45. The van der Waals surface area contributed by atoms with Gasteiger partial charge in [0.05, 0.1) is 6.20 Å². The second-order valence-electron chi connectivity index (χ2n) is 6.17. The Labute approximate surface area is 136 Å². The van der Waals surface area contributed by atoms with Crippen LogP contribution in [0.4, 0.5) is 5.69 Å². The molecule has 0 saturated carbocycles. The van der Waals surface area contributed by atoms with Crippen LogP contribution in [0.25, 0.3) is 0 Å². The van der Waals surface area contributed by atoms with Crippen LogP contribution < -0.4 is 5.73 Å². The largest absolute Gasteiger partial charge is 0.399 e. The van der Waals surface area contributed by atoms with Crippen molar-refractivity contribution in [2.75, 3.05) is 25.9 Å². The van der Waals surface area contributed by atoms with E-state index in [1.807, 2.05) is 17.3 Å². The van der Waals surface area contributed by atoms with Crippen LogP contribution in [0.5, 0.6) is 0 Å². The van der Waals surface area contributed by atoms with E-state index in [9.17, 15) is 4.79 Å². The molecule has 2 aromatic rings. The topological polar surface area (TPSA) is 78.2 Å². The number of H-pyrrole nitrogens is 1. The van der Waals surface area contributed by atoms with Gasteiger partial charge in [0, 0.05) is 48.7 Å². The summed E-state index contributed by atoms with van der Waals surface area (Å²) < 4.78 is 0. The van der Waals surface area contributed by atoms with Crippen LogP contribution in [-0.4, -0.2) is 52.1 Å². The second kappa shape index (κ2) is 6.83. The molecule has 1 aromatic heterocycles. The molecule has 0 spiro atoms. The number of piperidine rings is 1. The molecular formula is C17H23N5O. The zero-order valence-corrected chi connectivity index (χ0v) is 13.4. The molecule has 0 aliphatic carbocycles. The van der Waals surface area contributed by atoms with Gasteiger partial charge in [-0.05, 0) is 44.2 Å². The maximum Gasteiger partial charge on any atom is 0.253 e. The van der Waals surface area contributed by atoms with Crippen LogP contribution in [0.1, 0.15) is 28.8 Å². The third kappa shape index (κ3) is 3.71. The maximum absolute atomic E-state index is 12.5. The smallest absolute Gasteiger partial charge is 0.253 e. The number of benzene rings is 1. The molecule has 0 unspecified atom stereocenters. The third-order valence-electron chi connectivity index (χ3n) is 4.52. The van der Waals surface area contributed by atoms with Gasteiger partial charge in [-0.25, -0.2) is 0 Å². The van der Waals surface area contributed by atoms with Crippen LogP contribution in [0.2, 0.25) is 0 Å². The van der Waals surface area contributed by atoms with E-state index in [1.54, 1.807) is 24.3 Å². The summed E-state index contributed by atoms with van der Waals surface area (Å²) in [5.41, 5.74) is 8.26. The first kappa shape index (κ1) is 15.6. The molecule has 6 nitrogen and oxygen atoms in total. The number of carbonyl (C=O) groups excluding carboxylic acids is 1. The number of aromatic nitrogens is 2. The lowest BCUT2D eigenvalue weighted by Gasteiger charge is -2.36. The summed E-state index contributed by atoms with van der Waals surface area (Å²) in [5, 5.41) is 6.83. The molecular weight excluding hydrogens is 290 g/mol. The Bertz CT molecular complexity index is 630. The molecule has 3 rings (SSSR count). The van der Waals surface area contributed by atoms with E-state index in [0.717, 1.165) is 32.5 Å². The number of nitrogens with zero attached hydrogens (tertiary/aromatic N) is 3. The number of anilines is 1. The molecule has 0 atom stereocenters. The first-order valence-electron chi connectivity index (χ1n) is 7.96. The Kier molecular flexibility index (Phi) is 4.62. The highest BCUT2D eigenvalue weighted by Gasteiger charge is 2.25. The molecule has 1 aliphatic heterocycles. The predicted molar refractivity (Wildman–Crippen MR) is 89.8 cm³/mol. The molecule has 6 heteroatoms. The fourth-order valence-electron chi connectivity index (χ4n) is 3.10. The first-order valence-corrected chi connectivity index (χ1v) is 7.96. The molecule has 0 radical (unpaired) electrons. The minimum atomic E-state index is 0.0981. The highest BCUT2D eigenvalue weighted by atomic mass is 16.2. The van der Waals surface area contributed by atoms with Crippen LogP contribution in [-0.2, 0) is 6.54 Å². The summed E-state index contributed by atoms with van der Waals surface area (Å²) in [6.07, 6.45) is 5.77. The number of rotatable bonds is 4. The van der Waals surface area contributed by atoms with Crippen LogP contribution >= 0.6 is 0 Å². The zero-order chi connectivity index (χ0) is 16.2. The van der Waals surface area contributed by atoms with Gasteiger partial charge in [0.25, 0.3) is 5.91 Å². The van der Waals surface area contributed by atoms with E-state index in [1.165, 1.54) is 5.56 Å². The summed E-state index contributed by atoms with van der Waals surface area (Å²) in [7, 11) is 2.13. The summed E-state index contributed by atoms with van der Waals surface area (Å²) >= 11 is 0. The number of hydrogen-bond donors (Lipinski definition) is 2. The van der Waals surface area contributed by atoms with Gasteiger partial charge in [0.15, 0.2) is 0 Å². The molecule has 122 valence electrons. The SMILES string of the molecule is CN(Cc1cn[nH]c1)C1CCN(C(=O)c2ccc(N)cc2)CC1. The zero-order valence-electron chi connectivity index (χ0n) is 13.4. The summed E-state index contributed by atoms with van der Waals surface area (Å²) in [6.45, 7) is 2.47. The lowest BCUT2D eigenvalue weighted by atomic mass is 10.0. The Balaban J connectivity index is 1.53. The number of amides is 1. The Morgan fingerprint density at radius 1 is 1.35 bits per heavy atom. The fraction of sp³-hybridized carbons (Fsp3) is 0.412. The van der Waals surface area contributed by atoms with Crippen LogP contribution in [0.15, 0.2) is 36.7 Å². The van der Waals surface area contributed by atoms with E-state index in [4.69, 9.17) is 5.73 Å². The average Bonchev–Trinajstić information content (AvgIpc) is 3.08. The molecule has 1 aliphatic rings. The number of hydrogen-bond acceptors (Lipinski definition) is 4. The van der Waals surface area contributed by atoms with Gasteiger partial charge >= 0.3 is 0 Å². The van der Waals surface area contributed by atoms with Crippen molar-refractivity contribution in [3.63, 3.8) is 0 Å². The van der Waals surface area contributed by atoms with Gasteiger partial charge in [-0.3, -0.25) is 14.8 Å². The standard InChI is InChI=1S/C17H23N5O/c1-21(12-13-10-19-20-11-13)16-6-8-22(9-7-16)17(23)14-2-4-15(18)5-3-14/h2-5,10-11,16H,6-9,12,18H2,1H3,(H,19,20). The van der Waals surface area contributed by atoms with E-state index in [-0.39, 0.29) is 5.91 Å². The van der Waals surface area contributed by atoms with E-state index < -0.39 is 0 Å². The summed E-state index contributed by atoms with van der Waals surface area (Å²) in [4.78, 5) is 16.8. The quantitative estimate of drug-likeness (QED) is 0.843. The number of nitrogens with one attached hydrogen (secondary N) is 1. The van der Waals surface area contributed by atoms with Crippen molar-refractivity contribution in [2.45, 2.75) is 25.4 Å². The van der Waals surface area contributed by atoms with E-state index >= 15 is 0 Å². The van der Waals surface area contributed by atoms with Crippen LogP contribution in [0.3, 0.4) is 0 Å². The van der Waals surface area contributed by atoms with Crippen molar-refractivity contribution in [3.8, 4) is 0 Å². The lowest BCUT2D eigenvalue weighted by molar-refractivity contribution is 0.0639. The van der Waals surface area contributed by atoms with Crippen LogP contribution in [0, 0.1) is 0 Å². The average molecular weight is 313 g/mol. The summed E-state index contributed by atoms with van der Waals surface area (Å²) in [5.74, 6) is 0.0981. The molecule has 0 bridgehead atoms. The maximum atomic E-state index is 12.5. The Morgan fingerprint density at radius 3 is 2.65 bits per heavy atom. The molecule has 2 heterocycles.